The molecule has 0 bridgehead atoms. The van der Waals surface area contributed by atoms with Crippen LogP contribution in [-0.2, 0) is 9.59 Å². The summed E-state index contributed by atoms with van der Waals surface area (Å²) in [4.78, 5) is 24.0. The Morgan fingerprint density at radius 2 is 2.05 bits per heavy atom. The van der Waals surface area contributed by atoms with Crippen molar-refractivity contribution in [1.82, 2.24) is 10.2 Å². The van der Waals surface area contributed by atoms with Gasteiger partial charge in [-0.3, -0.25) is 14.5 Å². The first-order valence-corrected chi connectivity index (χ1v) is 6.47. The number of rotatable bonds is 5. The van der Waals surface area contributed by atoms with Gasteiger partial charge in [0, 0.05) is 19.6 Å². The molecule has 1 amide bonds. The van der Waals surface area contributed by atoms with Crippen molar-refractivity contribution in [3.63, 3.8) is 0 Å². The molecule has 0 aliphatic carbocycles. The Kier molecular flexibility index (Phi) is 5.01. The standard InChI is InChI=1S/C12H19F3N2O3/c1-3-5-16-9(18)8(2)17-6-4-11(7-17,10(19)20)12(13,14)15/h8H,3-7H2,1-2H3,(H,16,18)(H,19,20). The zero-order chi connectivity index (χ0) is 15.6. The van der Waals surface area contributed by atoms with Crippen molar-refractivity contribution in [1.29, 1.82) is 0 Å². The molecule has 2 atom stereocenters. The molecule has 1 aliphatic heterocycles. The highest BCUT2D eigenvalue weighted by molar-refractivity contribution is 5.82. The van der Waals surface area contributed by atoms with E-state index in [1.807, 2.05) is 6.92 Å². The lowest BCUT2D eigenvalue weighted by Crippen LogP contribution is -2.50. The molecule has 0 radical (unpaired) electrons. The number of carboxylic acid groups (broad SMARTS) is 1. The van der Waals surface area contributed by atoms with Crippen LogP contribution in [0.2, 0.25) is 0 Å². The molecule has 1 heterocycles. The summed E-state index contributed by atoms with van der Waals surface area (Å²) in [5.74, 6) is -2.26. The summed E-state index contributed by atoms with van der Waals surface area (Å²) in [5.41, 5.74) is -2.77. The van der Waals surface area contributed by atoms with E-state index < -0.39 is 36.6 Å². The van der Waals surface area contributed by atoms with Crippen LogP contribution in [0.15, 0.2) is 0 Å². The maximum Gasteiger partial charge on any atom is 0.406 e. The van der Waals surface area contributed by atoms with Gasteiger partial charge in [-0.1, -0.05) is 6.92 Å². The van der Waals surface area contributed by atoms with Gasteiger partial charge in [0.2, 0.25) is 5.91 Å². The van der Waals surface area contributed by atoms with Crippen LogP contribution in [0.4, 0.5) is 13.2 Å². The molecule has 0 spiro atoms. The van der Waals surface area contributed by atoms with E-state index in [-0.39, 0.29) is 12.5 Å². The zero-order valence-corrected chi connectivity index (χ0v) is 11.5. The average Bonchev–Trinajstić information content (AvgIpc) is 2.80. The van der Waals surface area contributed by atoms with Crippen LogP contribution in [0.25, 0.3) is 0 Å². The van der Waals surface area contributed by atoms with Gasteiger partial charge in [0.1, 0.15) is 0 Å². The first-order valence-electron chi connectivity index (χ1n) is 6.47. The van der Waals surface area contributed by atoms with Gasteiger partial charge in [0.05, 0.1) is 6.04 Å². The number of aliphatic carboxylic acids is 1. The molecule has 0 saturated carbocycles. The number of carbonyl (C=O) groups excluding carboxylic acids is 1. The Morgan fingerprint density at radius 3 is 2.45 bits per heavy atom. The molecular formula is C12H19F3N2O3. The van der Waals surface area contributed by atoms with Gasteiger partial charge in [-0.2, -0.15) is 13.2 Å². The van der Waals surface area contributed by atoms with Gasteiger partial charge in [0.15, 0.2) is 5.41 Å². The average molecular weight is 296 g/mol. The Bertz CT molecular complexity index is 387. The van der Waals surface area contributed by atoms with Gasteiger partial charge >= 0.3 is 12.1 Å². The van der Waals surface area contributed by atoms with E-state index in [1.165, 1.54) is 11.8 Å². The van der Waals surface area contributed by atoms with Crippen molar-refractivity contribution in [2.24, 2.45) is 5.41 Å². The second-order valence-electron chi connectivity index (χ2n) is 5.07. The number of amides is 1. The predicted octanol–water partition coefficient (Wildman–Crippen LogP) is 1.24. The van der Waals surface area contributed by atoms with Crippen molar-refractivity contribution >= 4 is 11.9 Å². The minimum atomic E-state index is -4.83. The van der Waals surface area contributed by atoms with E-state index in [2.05, 4.69) is 5.32 Å². The molecule has 2 unspecified atom stereocenters. The lowest BCUT2D eigenvalue weighted by molar-refractivity contribution is -0.227. The number of carboxylic acids is 1. The normalized spacial score (nSPS) is 25.4. The Hall–Kier alpha value is -1.31. The lowest BCUT2D eigenvalue weighted by Gasteiger charge is -2.29. The quantitative estimate of drug-likeness (QED) is 0.801. The molecule has 2 N–H and O–H groups in total. The monoisotopic (exact) mass is 296 g/mol. The lowest BCUT2D eigenvalue weighted by atomic mass is 9.86. The summed E-state index contributed by atoms with van der Waals surface area (Å²) in [5, 5.41) is 11.5. The smallest absolute Gasteiger partial charge is 0.406 e. The molecule has 0 aromatic rings. The van der Waals surface area contributed by atoms with Gasteiger partial charge in [0.25, 0.3) is 0 Å². The van der Waals surface area contributed by atoms with Crippen molar-refractivity contribution in [3.8, 4) is 0 Å². The summed E-state index contributed by atoms with van der Waals surface area (Å²) in [6.07, 6.45) is -4.63. The van der Waals surface area contributed by atoms with E-state index in [9.17, 15) is 22.8 Å². The van der Waals surface area contributed by atoms with E-state index in [4.69, 9.17) is 5.11 Å². The maximum absolute atomic E-state index is 13.0. The van der Waals surface area contributed by atoms with Gasteiger partial charge in [-0.25, -0.2) is 0 Å². The SMILES string of the molecule is CCCNC(=O)C(C)N1CCC(C(=O)O)(C(F)(F)F)C1. The summed E-state index contributed by atoms with van der Waals surface area (Å²) in [6, 6.07) is -0.773. The van der Waals surface area contributed by atoms with Crippen LogP contribution in [0.3, 0.4) is 0 Å². The molecular weight excluding hydrogens is 277 g/mol. The van der Waals surface area contributed by atoms with Crippen molar-refractivity contribution in [2.75, 3.05) is 19.6 Å². The molecule has 5 nitrogen and oxygen atoms in total. The Labute approximate surface area is 115 Å². The van der Waals surface area contributed by atoms with Gasteiger partial charge in [-0.05, 0) is 19.8 Å². The summed E-state index contributed by atoms with van der Waals surface area (Å²) < 4.78 is 39.0. The highest BCUT2D eigenvalue weighted by atomic mass is 19.4. The number of likely N-dealkylation sites (tertiary alicyclic amines) is 1. The molecule has 20 heavy (non-hydrogen) atoms. The molecule has 116 valence electrons. The van der Waals surface area contributed by atoms with Crippen LogP contribution >= 0.6 is 0 Å². The fraction of sp³-hybridized carbons (Fsp3) is 0.833. The number of hydrogen-bond acceptors (Lipinski definition) is 3. The second kappa shape index (κ2) is 5.99. The fourth-order valence-electron chi connectivity index (χ4n) is 2.26. The largest absolute Gasteiger partial charge is 0.481 e. The van der Waals surface area contributed by atoms with Crippen LogP contribution in [0.5, 0.6) is 0 Å². The van der Waals surface area contributed by atoms with Crippen LogP contribution in [0.1, 0.15) is 26.7 Å². The van der Waals surface area contributed by atoms with Crippen LogP contribution < -0.4 is 5.32 Å². The molecule has 1 rings (SSSR count). The second-order valence-corrected chi connectivity index (χ2v) is 5.07. The van der Waals surface area contributed by atoms with Crippen LogP contribution in [0, 0.1) is 5.41 Å². The third-order valence-electron chi connectivity index (χ3n) is 3.73. The summed E-state index contributed by atoms with van der Waals surface area (Å²) in [7, 11) is 0. The van der Waals surface area contributed by atoms with Crippen LogP contribution in [-0.4, -0.2) is 53.7 Å². The highest BCUT2D eigenvalue weighted by Crippen LogP contribution is 2.46. The van der Waals surface area contributed by atoms with E-state index in [1.54, 1.807) is 0 Å². The zero-order valence-electron chi connectivity index (χ0n) is 11.5. The molecule has 0 aromatic heterocycles. The molecule has 1 saturated heterocycles. The number of nitrogens with zero attached hydrogens (tertiary/aromatic N) is 1. The van der Waals surface area contributed by atoms with Crippen molar-refractivity contribution < 1.29 is 27.9 Å². The number of alkyl halides is 3. The Morgan fingerprint density at radius 1 is 1.45 bits per heavy atom. The number of hydrogen-bond donors (Lipinski definition) is 2. The minimum absolute atomic E-state index is 0.0630. The fourth-order valence-corrected chi connectivity index (χ4v) is 2.26. The van der Waals surface area contributed by atoms with E-state index in [0.29, 0.717) is 6.54 Å². The number of halogens is 3. The van der Waals surface area contributed by atoms with Gasteiger partial charge in [-0.15, -0.1) is 0 Å². The number of nitrogens with one attached hydrogen (secondary N) is 1. The molecule has 1 aliphatic rings. The van der Waals surface area contributed by atoms with E-state index >= 15 is 0 Å². The predicted molar refractivity (Wildman–Crippen MR) is 65.1 cm³/mol. The van der Waals surface area contributed by atoms with Gasteiger partial charge < -0.3 is 10.4 Å². The maximum atomic E-state index is 13.0. The molecule has 8 heteroatoms. The molecule has 0 aromatic carbocycles. The summed E-state index contributed by atoms with van der Waals surface area (Å²) in [6.45, 7) is 3.04. The Balaban J connectivity index is 2.79. The minimum Gasteiger partial charge on any atom is -0.481 e. The first-order chi connectivity index (χ1) is 9.15. The van der Waals surface area contributed by atoms with Crippen molar-refractivity contribution in [3.05, 3.63) is 0 Å². The third-order valence-corrected chi connectivity index (χ3v) is 3.73. The summed E-state index contributed by atoms with van der Waals surface area (Å²) >= 11 is 0. The number of carbonyl (C=O) groups is 2. The first kappa shape index (κ1) is 16.7. The van der Waals surface area contributed by atoms with Crippen molar-refractivity contribution in [2.45, 2.75) is 38.9 Å². The topological polar surface area (TPSA) is 69.6 Å². The third kappa shape index (κ3) is 3.05. The highest BCUT2D eigenvalue weighted by Gasteiger charge is 2.64. The molecule has 1 fully saturated rings. The van der Waals surface area contributed by atoms with E-state index in [0.717, 1.165) is 6.42 Å².